The molecule has 0 radical (unpaired) electrons. The van der Waals surface area contributed by atoms with Crippen LogP contribution < -0.4 is 0 Å². The summed E-state index contributed by atoms with van der Waals surface area (Å²) >= 11 is 0. The number of rotatable bonds is 0. The molecule has 0 atom stereocenters. The Morgan fingerprint density at radius 1 is 1.18 bits per heavy atom. The van der Waals surface area contributed by atoms with E-state index in [9.17, 15) is 0 Å². The van der Waals surface area contributed by atoms with E-state index in [1.807, 2.05) is 0 Å². The second-order valence-corrected chi connectivity index (χ2v) is 4.19. The van der Waals surface area contributed by atoms with Crippen LogP contribution in [0, 0.1) is 5.41 Å². The summed E-state index contributed by atoms with van der Waals surface area (Å²) in [6, 6.07) is 0. The lowest BCUT2D eigenvalue weighted by atomic mass is 10.1. The van der Waals surface area contributed by atoms with Gasteiger partial charge >= 0.3 is 0 Å². The summed E-state index contributed by atoms with van der Waals surface area (Å²) in [4.78, 5) is 2.45. The Morgan fingerprint density at radius 3 is 1.91 bits per heavy atom. The minimum atomic E-state index is 0.842. The molecule has 0 unspecified atom stereocenters. The molecule has 1 spiro atoms. The highest BCUT2D eigenvalue weighted by Gasteiger charge is 2.46. The average Bonchev–Trinajstić information content (AvgIpc) is 2.57. The fourth-order valence-corrected chi connectivity index (χ4v) is 1.74. The molecule has 1 saturated heterocycles. The Labute approximate surface area is 70.8 Å². The van der Waals surface area contributed by atoms with Crippen molar-refractivity contribution in [2.45, 2.75) is 39.5 Å². The smallest absolute Gasteiger partial charge is 0.00354 e. The van der Waals surface area contributed by atoms with E-state index in [1.165, 1.54) is 38.8 Å². The quantitative estimate of drug-likeness (QED) is 0.519. The topological polar surface area (TPSA) is 3.24 Å². The molecule has 0 aromatic carbocycles. The van der Waals surface area contributed by atoms with Crippen molar-refractivity contribution in [3.63, 3.8) is 0 Å². The first-order chi connectivity index (χ1) is 5.22. The molecule has 0 aromatic rings. The predicted octanol–water partition coefficient (Wildman–Crippen LogP) is 2.52. The van der Waals surface area contributed by atoms with E-state index in [0.717, 1.165) is 5.41 Å². The van der Waals surface area contributed by atoms with E-state index in [2.05, 4.69) is 25.8 Å². The largest absolute Gasteiger partial charge is 0.306 e. The van der Waals surface area contributed by atoms with E-state index in [-0.39, 0.29) is 0 Å². The first-order valence-electron chi connectivity index (χ1n) is 4.91. The van der Waals surface area contributed by atoms with Crippen molar-refractivity contribution < 1.29 is 0 Å². The van der Waals surface area contributed by atoms with Crippen molar-refractivity contribution in [3.8, 4) is 0 Å². The maximum atomic E-state index is 2.45. The minimum Gasteiger partial charge on any atom is -0.306 e. The molecule has 2 fully saturated rings. The molecule has 2 aliphatic rings. The van der Waals surface area contributed by atoms with Gasteiger partial charge in [-0.15, -0.1) is 0 Å². The van der Waals surface area contributed by atoms with Crippen LogP contribution in [-0.2, 0) is 0 Å². The first kappa shape index (κ1) is 9.05. The van der Waals surface area contributed by atoms with Gasteiger partial charge in [-0.05, 0) is 38.3 Å². The van der Waals surface area contributed by atoms with E-state index < -0.39 is 0 Å². The molecule has 0 N–H and O–H groups in total. The Bertz CT molecular complexity index is 116. The molecular formula is C10H21N. The number of hydrogen-bond acceptors (Lipinski definition) is 1. The summed E-state index contributed by atoms with van der Waals surface area (Å²) in [5.74, 6) is 0. The molecule has 2 rings (SSSR count). The van der Waals surface area contributed by atoms with Crippen LogP contribution in [-0.4, -0.2) is 25.0 Å². The van der Waals surface area contributed by atoms with Crippen LogP contribution in [0.3, 0.4) is 0 Å². The molecule has 1 heterocycles. The second-order valence-electron chi connectivity index (χ2n) is 4.19. The molecule has 11 heavy (non-hydrogen) atoms. The van der Waals surface area contributed by atoms with Crippen LogP contribution in [0.2, 0.25) is 0 Å². The van der Waals surface area contributed by atoms with Gasteiger partial charge in [-0.1, -0.05) is 20.3 Å². The molecule has 1 saturated carbocycles. The molecule has 1 aliphatic carbocycles. The normalized spacial score (nSPS) is 26.5. The monoisotopic (exact) mass is 155 g/mol. The van der Waals surface area contributed by atoms with Crippen LogP contribution >= 0.6 is 0 Å². The Morgan fingerprint density at radius 2 is 1.73 bits per heavy atom. The molecule has 0 amide bonds. The van der Waals surface area contributed by atoms with Gasteiger partial charge in [-0.2, -0.15) is 0 Å². The van der Waals surface area contributed by atoms with Crippen molar-refractivity contribution in [1.29, 1.82) is 0 Å². The zero-order chi connectivity index (χ0) is 8.32. The van der Waals surface area contributed by atoms with E-state index in [0.29, 0.717) is 0 Å². The summed E-state index contributed by atoms with van der Waals surface area (Å²) in [6.45, 7) is 6.98. The molecule has 1 heteroatoms. The van der Waals surface area contributed by atoms with Gasteiger partial charge in [0.1, 0.15) is 0 Å². The van der Waals surface area contributed by atoms with Crippen molar-refractivity contribution in [3.05, 3.63) is 0 Å². The van der Waals surface area contributed by atoms with Gasteiger partial charge in [0.25, 0.3) is 0 Å². The van der Waals surface area contributed by atoms with Gasteiger partial charge in [-0.3, -0.25) is 0 Å². The summed E-state index contributed by atoms with van der Waals surface area (Å²) in [5, 5.41) is 0. The zero-order valence-corrected chi connectivity index (χ0v) is 8.19. The van der Waals surface area contributed by atoms with Crippen molar-refractivity contribution in [2.75, 3.05) is 20.1 Å². The van der Waals surface area contributed by atoms with Crippen LogP contribution in [0.15, 0.2) is 0 Å². The minimum absolute atomic E-state index is 0.842. The molecule has 66 valence electrons. The van der Waals surface area contributed by atoms with Gasteiger partial charge in [0, 0.05) is 6.54 Å². The lowest BCUT2D eigenvalue weighted by molar-refractivity contribution is 0.389. The molecule has 1 aliphatic heterocycles. The highest BCUT2D eigenvalue weighted by Crippen LogP contribution is 2.52. The number of hydrogen-bond donors (Lipinski definition) is 0. The molecular weight excluding hydrogens is 134 g/mol. The highest BCUT2D eigenvalue weighted by atomic mass is 15.1. The Hall–Kier alpha value is -0.0400. The van der Waals surface area contributed by atoms with Crippen LogP contribution in [0.5, 0.6) is 0 Å². The number of likely N-dealkylation sites (tertiary alicyclic amines) is 1. The summed E-state index contributed by atoms with van der Waals surface area (Å²) in [7, 11) is 2.23. The fourth-order valence-electron chi connectivity index (χ4n) is 1.74. The SMILES string of the molecule is CCC.CN1CCC2(CC2)C1. The predicted molar refractivity (Wildman–Crippen MR) is 49.7 cm³/mol. The standard InChI is InChI=1S/C7H13N.C3H8/c1-8-5-4-7(6-8)2-3-7;1-3-2/h2-6H2,1H3;3H2,1-2H3. The maximum absolute atomic E-state index is 2.45. The first-order valence-corrected chi connectivity index (χ1v) is 4.91. The molecule has 0 aromatic heterocycles. The lowest BCUT2D eigenvalue weighted by Crippen LogP contribution is -2.14. The van der Waals surface area contributed by atoms with Gasteiger partial charge in [0.05, 0.1) is 0 Å². The highest BCUT2D eigenvalue weighted by molar-refractivity contribution is 4.99. The Balaban J connectivity index is 0.000000179. The van der Waals surface area contributed by atoms with Gasteiger partial charge in [-0.25, -0.2) is 0 Å². The maximum Gasteiger partial charge on any atom is 0.00354 e. The third-order valence-corrected chi connectivity index (χ3v) is 2.59. The van der Waals surface area contributed by atoms with Gasteiger partial charge in [0.2, 0.25) is 0 Å². The second kappa shape index (κ2) is 3.57. The third-order valence-electron chi connectivity index (χ3n) is 2.59. The van der Waals surface area contributed by atoms with Gasteiger partial charge in [0.15, 0.2) is 0 Å². The van der Waals surface area contributed by atoms with Crippen LogP contribution in [0.25, 0.3) is 0 Å². The lowest BCUT2D eigenvalue weighted by Gasteiger charge is -2.05. The van der Waals surface area contributed by atoms with Crippen LogP contribution in [0.4, 0.5) is 0 Å². The van der Waals surface area contributed by atoms with E-state index >= 15 is 0 Å². The summed E-state index contributed by atoms with van der Waals surface area (Å²) in [5.41, 5.74) is 0.842. The average molecular weight is 155 g/mol. The third kappa shape index (κ3) is 2.48. The zero-order valence-electron chi connectivity index (χ0n) is 8.19. The van der Waals surface area contributed by atoms with Crippen LogP contribution in [0.1, 0.15) is 39.5 Å². The van der Waals surface area contributed by atoms with E-state index in [1.54, 1.807) is 0 Å². The van der Waals surface area contributed by atoms with E-state index in [4.69, 9.17) is 0 Å². The fraction of sp³-hybridized carbons (Fsp3) is 1.00. The molecule has 0 bridgehead atoms. The number of nitrogens with zero attached hydrogens (tertiary/aromatic N) is 1. The summed E-state index contributed by atoms with van der Waals surface area (Å²) in [6.07, 6.45) is 5.75. The molecule has 1 nitrogen and oxygen atoms in total. The summed E-state index contributed by atoms with van der Waals surface area (Å²) < 4.78 is 0. The van der Waals surface area contributed by atoms with Crippen molar-refractivity contribution >= 4 is 0 Å². The van der Waals surface area contributed by atoms with Crippen molar-refractivity contribution in [2.24, 2.45) is 5.41 Å². The Kier molecular flexibility index (Phi) is 2.94. The van der Waals surface area contributed by atoms with Gasteiger partial charge < -0.3 is 4.90 Å². The van der Waals surface area contributed by atoms with Crippen molar-refractivity contribution in [1.82, 2.24) is 4.90 Å².